The van der Waals surface area contributed by atoms with E-state index in [1.807, 2.05) is 31.2 Å². The maximum atomic E-state index is 13.0. The molecule has 6 nitrogen and oxygen atoms in total. The van der Waals surface area contributed by atoms with Gasteiger partial charge in [-0.05, 0) is 93.5 Å². The van der Waals surface area contributed by atoms with Gasteiger partial charge in [0.25, 0.3) is 5.91 Å². The molecule has 0 radical (unpaired) electrons. The zero-order chi connectivity index (χ0) is 27.7. The Morgan fingerprint density at radius 1 is 0.947 bits per heavy atom. The lowest BCUT2D eigenvalue weighted by molar-refractivity contribution is -0.143. The Bertz CT molecular complexity index is 1210. The Kier molecular flexibility index (Phi) is 11.2. The third kappa shape index (κ3) is 8.08. The zero-order valence-corrected chi connectivity index (χ0v) is 24.6. The van der Waals surface area contributed by atoms with Crippen molar-refractivity contribution in [3.63, 3.8) is 0 Å². The van der Waals surface area contributed by atoms with Crippen LogP contribution in [0.2, 0.25) is 0 Å². The number of amides is 1. The fraction of sp³-hybridized carbons (Fsp3) is 0.433. The normalized spacial score (nSPS) is 14.3. The smallest absolute Gasteiger partial charge is 0.305 e. The molecule has 1 heterocycles. The summed E-state index contributed by atoms with van der Waals surface area (Å²) in [5.74, 6) is 1.04. The minimum absolute atomic E-state index is 0.0890. The van der Waals surface area contributed by atoms with Crippen LogP contribution in [0.1, 0.15) is 67.3 Å². The number of nitrogens with zero attached hydrogens (tertiary/aromatic N) is 1. The molecule has 8 heteroatoms. The summed E-state index contributed by atoms with van der Waals surface area (Å²) in [4.78, 5) is 26.7. The van der Waals surface area contributed by atoms with E-state index in [1.165, 1.54) is 28.5 Å². The van der Waals surface area contributed by atoms with Gasteiger partial charge in [-0.15, -0.1) is 0 Å². The maximum absolute atomic E-state index is 13.0. The molecule has 0 N–H and O–H groups in total. The average Bonchev–Trinajstić information content (AvgIpc) is 3.13. The molecule has 0 saturated carbocycles. The van der Waals surface area contributed by atoms with Crippen molar-refractivity contribution in [1.82, 2.24) is 4.90 Å². The summed E-state index contributed by atoms with van der Waals surface area (Å²) in [5, 5.41) is 0. The number of unbranched alkanes of at least 4 members (excludes halogenated alkanes) is 2. The number of thioether (sulfide) groups is 1. The van der Waals surface area contributed by atoms with Gasteiger partial charge in [0.1, 0.15) is 10.9 Å². The van der Waals surface area contributed by atoms with Crippen molar-refractivity contribution < 1.29 is 23.8 Å². The molecule has 1 aliphatic rings. The highest BCUT2D eigenvalue weighted by Crippen LogP contribution is 2.35. The van der Waals surface area contributed by atoms with Crippen molar-refractivity contribution in [2.45, 2.75) is 66.9 Å². The first-order valence-electron chi connectivity index (χ1n) is 13.1. The third-order valence-corrected chi connectivity index (χ3v) is 7.72. The van der Waals surface area contributed by atoms with E-state index in [-0.39, 0.29) is 11.9 Å². The number of ether oxygens (including phenoxy) is 3. The van der Waals surface area contributed by atoms with Gasteiger partial charge in [0.2, 0.25) is 0 Å². The molecule has 0 aliphatic carbocycles. The molecular weight excluding hydrogens is 518 g/mol. The van der Waals surface area contributed by atoms with Crippen LogP contribution in [0.5, 0.6) is 11.5 Å². The molecule has 3 rings (SSSR count). The predicted molar refractivity (Wildman–Crippen MR) is 158 cm³/mol. The standard InChI is InChI=1S/C30H37NO5S2/c1-6-34-26-17-23(12-13-25(26)36-19-24-16-21(4)20(3)15-22(24)5)18-27-29(33)31(30(37)38-27)14-10-8-9-11-28(32)35-7-2/h12-13,15-18H,6-11,14,19H2,1-5H3/b27-18+. The molecule has 1 saturated heterocycles. The lowest BCUT2D eigenvalue weighted by Gasteiger charge is -2.15. The minimum atomic E-state index is -0.177. The van der Waals surface area contributed by atoms with Gasteiger partial charge in [-0.25, -0.2) is 0 Å². The highest BCUT2D eigenvalue weighted by Gasteiger charge is 2.31. The lowest BCUT2D eigenvalue weighted by Crippen LogP contribution is -2.29. The Morgan fingerprint density at radius 2 is 1.71 bits per heavy atom. The second-order valence-electron chi connectivity index (χ2n) is 9.24. The SMILES string of the molecule is CCOC(=O)CCCCCN1C(=O)/C(=C\c2ccc(OCc3cc(C)c(C)cc3C)c(OCC)c2)SC1=S. The number of esters is 1. The van der Waals surface area contributed by atoms with Gasteiger partial charge in [0.05, 0.1) is 18.1 Å². The third-order valence-electron chi connectivity index (χ3n) is 6.34. The fourth-order valence-corrected chi connectivity index (χ4v) is 5.44. The molecule has 1 amide bonds. The second-order valence-corrected chi connectivity index (χ2v) is 10.9. The molecule has 1 fully saturated rings. The molecule has 204 valence electrons. The summed E-state index contributed by atoms with van der Waals surface area (Å²) in [6.45, 7) is 11.9. The van der Waals surface area contributed by atoms with Crippen molar-refractivity contribution >= 4 is 46.3 Å². The molecule has 0 aromatic heterocycles. The van der Waals surface area contributed by atoms with E-state index in [9.17, 15) is 9.59 Å². The first-order valence-corrected chi connectivity index (χ1v) is 14.3. The van der Waals surface area contributed by atoms with Crippen LogP contribution >= 0.6 is 24.0 Å². The number of aryl methyl sites for hydroxylation is 3. The van der Waals surface area contributed by atoms with Crippen molar-refractivity contribution in [3.8, 4) is 11.5 Å². The Hall–Kier alpha value is -2.84. The van der Waals surface area contributed by atoms with Gasteiger partial charge in [0.15, 0.2) is 11.5 Å². The minimum Gasteiger partial charge on any atom is -0.490 e. The van der Waals surface area contributed by atoms with Crippen molar-refractivity contribution in [3.05, 3.63) is 63.1 Å². The summed E-state index contributed by atoms with van der Waals surface area (Å²) >= 11 is 6.78. The van der Waals surface area contributed by atoms with Crippen molar-refractivity contribution in [2.75, 3.05) is 19.8 Å². The average molecular weight is 556 g/mol. The van der Waals surface area contributed by atoms with Gasteiger partial charge >= 0.3 is 5.97 Å². The molecule has 38 heavy (non-hydrogen) atoms. The second kappa shape index (κ2) is 14.4. The fourth-order valence-electron chi connectivity index (χ4n) is 4.13. The van der Waals surface area contributed by atoms with Crippen LogP contribution in [-0.2, 0) is 20.9 Å². The first kappa shape index (κ1) is 29.7. The Labute approximate surface area is 235 Å². The van der Waals surface area contributed by atoms with E-state index < -0.39 is 0 Å². The number of carbonyl (C=O) groups excluding carboxylic acids is 2. The predicted octanol–water partition coefficient (Wildman–Crippen LogP) is 6.91. The van der Waals surface area contributed by atoms with Crippen LogP contribution in [0.3, 0.4) is 0 Å². The number of benzene rings is 2. The maximum Gasteiger partial charge on any atom is 0.305 e. The highest BCUT2D eigenvalue weighted by molar-refractivity contribution is 8.26. The molecule has 1 aliphatic heterocycles. The van der Waals surface area contributed by atoms with Crippen LogP contribution in [-0.4, -0.2) is 40.9 Å². The Morgan fingerprint density at radius 3 is 2.45 bits per heavy atom. The van der Waals surface area contributed by atoms with Gasteiger partial charge in [-0.1, -0.05) is 48.6 Å². The van der Waals surface area contributed by atoms with Gasteiger partial charge in [0, 0.05) is 13.0 Å². The van der Waals surface area contributed by atoms with Gasteiger partial charge in [-0.3, -0.25) is 14.5 Å². The molecule has 2 aromatic carbocycles. The van der Waals surface area contributed by atoms with Crippen LogP contribution in [0.25, 0.3) is 6.08 Å². The van der Waals surface area contributed by atoms with E-state index in [4.69, 9.17) is 26.4 Å². The van der Waals surface area contributed by atoms with Gasteiger partial charge in [-0.2, -0.15) is 0 Å². The van der Waals surface area contributed by atoms with Crippen LogP contribution in [0, 0.1) is 20.8 Å². The van der Waals surface area contributed by atoms with E-state index in [0.29, 0.717) is 53.5 Å². The Balaban J connectivity index is 1.63. The van der Waals surface area contributed by atoms with Crippen LogP contribution < -0.4 is 9.47 Å². The summed E-state index contributed by atoms with van der Waals surface area (Å²) < 4.78 is 17.5. The van der Waals surface area contributed by atoms with Gasteiger partial charge < -0.3 is 14.2 Å². The molecular formula is C30H37NO5S2. The van der Waals surface area contributed by atoms with E-state index in [0.717, 1.165) is 30.4 Å². The van der Waals surface area contributed by atoms with Crippen LogP contribution in [0.4, 0.5) is 0 Å². The highest BCUT2D eigenvalue weighted by atomic mass is 32.2. The van der Waals surface area contributed by atoms with Crippen molar-refractivity contribution in [2.24, 2.45) is 0 Å². The molecule has 2 aromatic rings. The summed E-state index contributed by atoms with van der Waals surface area (Å²) in [6.07, 6.45) is 4.59. The van der Waals surface area contributed by atoms with E-state index >= 15 is 0 Å². The topological polar surface area (TPSA) is 65.1 Å². The number of hydrogen-bond donors (Lipinski definition) is 0. The quantitative estimate of drug-likeness (QED) is 0.115. The summed E-state index contributed by atoms with van der Waals surface area (Å²) in [6, 6.07) is 10.1. The largest absolute Gasteiger partial charge is 0.490 e. The monoisotopic (exact) mass is 555 g/mol. The van der Waals surface area contributed by atoms with E-state index in [1.54, 1.807) is 11.8 Å². The number of thiocarbonyl (C=S) groups is 1. The number of hydrogen-bond acceptors (Lipinski definition) is 7. The molecule has 0 spiro atoms. The summed E-state index contributed by atoms with van der Waals surface area (Å²) in [7, 11) is 0. The summed E-state index contributed by atoms with van der Waals surface area (Å²) in [5.41, 5.74) is 5.69. The number of carbonyl (C=O) groups is 2. The van der Waals surface area contributed by atoms with Crippen LogP contribution in [0.15, 0.2) is 35.2 Å². The van der Waals surface area contributed by atoms with E-state index in [2.05, 4.69) is 32.9 Å². The molecule has 0 unspecified atom stereocenters. The molecule has 0 bridgehead atoms. The number of rotatable bonds is 13. The molecule has 0 atom stereocenters. The lowest BCUT2D eigenvalue weighted by atomic mass is 10.0. The first-order chi connectivity index (χ1) is 18.2. The van der Waals surface area contributed by atoms with Crippen molar-refractivity contribution in [1.29, 1.82) is 0 Å². The zero-order valence-electron chi connectivity index (χ0n) is 22.9.